The van der Waals surface area contributed by atoms with Crippen molar-refractivity contribution in [1.82, 2.24) is 0 Å². The molecular weight excluding hydrogens is 308 g/mol. The van der Waals surface area contributed by atoms with E-state index >= 15 is 0 Å². The molecular formula is C10H10N2O6S2. The molecule has 1 aromatic rings. The average Bonchev–Trinajstić information content (AvgIpc) is 2.77. The Balaban J connectivity index is 0.000000370. The number of aryl methyl sites for hydroxylation is 1. The zero-order valence-electron chi connectivity index (χ0n) is 10.5. The average molecular weight is 318 g/mol. The number of carbonyl (C=O) groups excluding carboxylic acids is 3. The van der Waals surface area contributed by atoms with Gasteiger partial charge in [0.2, 0.25) is 0 Å². The molecule has 10 heteroatoms. The van der Waals surface area contributed by atoms with Crippen LogP contribution < -0.4 is 0 Å². The number of esters is 1. The number of hydrogen-bond donors (Lipinski definition) is 0. The van der Waals surface area contributed by atoms with E-state index in [0.717, 1.165) is 5.56 Å². The van der Waals surface area contributed by atoms with Gasteiger partial charge in [0.05, 0.1) is 6.61 Å². The largest absolute Gasteiger partial charge is 0.462 e. The van der Waals surface area contributed by atoms with Crippen molar-refractivity contribution in [3.63, 3.8) is 0 Å². The molecule has 0 spiro atoms. The van der Waals surface area contributed by atoms with Crippen LogP contribution in [0.2, 0.25) is 0 Å². The van der Waals surface area contributed by atoms with Gasteiger partial charge in [-0.2, -0.15) is 8.42 Å². The number of rotatable bonds is 4. The van der Waals surface area contributed by atoms with Crippen molar-refractivity contribution in [2.24, 2.45) is 8.80 Å². The van der Waals surface area contributed by atoms with Gasteiger partial charge in [0.25, 0.3) is 12.2 Å². The first-order valence-electron chi connectivity index (χ1n) is 5.01. The minimum absolute atomic E-state index is 0.217. The monoisotopic (exact) mass is 318 g/mol. The number of nitrogens with zero attached hydrogens (tertiary/aromatic N) is 2. The van der Waals surface area contributed by atoms with E-state index < -0.39 is 10.2 Å². The fraction of sp³-hybridized carbons (Fsp3) is 0.300. The molecule has 0 bridgehead atoms. The second-order valence-electron chi connectivity index (χ2n) is 3.02. The second-order valence-corrected chi connectivity index (χ2v) is 5.19. The molecule has 0 amide bonds. The number of carbonyl (C=O) groups is 1. The van der Waals surface area contributed by atoms with Crippen molar-refractivity contribution in [3.05, 3.63) is 21.9 Å². The van der Waals surface area contributed by atoms with Gasteiger partial charge in [0.1, 0.15) is 4.88 Å². The predicted molar refractivity (Wildman–Crippen MR) is 70.2 cm³/mol. The summed E-state index contributed by atoms with van der Waals surface area (Å²) in [5, 5.41) is 1.94. The summed E-state index contributed by atoms with van der Waals surface area (Å²) in [6.45, 7) is 4.20. The number of hydrogen-bond acceptors (Lipinski definition) is 7. The maximum Gasteiger partial charge on any atom is 0.383 e. The molecule has 0 N–H and O–H groups in total. The van der Waals surface area contributed by atoms with Crippen LogP contribution in [0.5, 0.6) is 0 Å². The summed E-state index contributed by atoms with van der Waals surface area (Å²) >= 11 is 1.42. The highest BCUT2D eigenvalue weighted by Crippen LogP contribution is 2.14. The van der Waals surface area contributed by atoms with Crippen LogP contribution in [0.15, 0.2) is 20.2 Å². The smallest absolute Gasteiger partial charge is 0.383 e. The third-order valence-electron chi connectivity index (χ3n) is 1.51. The Bertz CT molecular complexity index is 627. The third kappa shape index (κ3) is 7.34. The molecule has 0 aliphatic heterocycles. The Morgan fingerprint density at radius 2 is 1.90 bits per heavy atom. The van der Waals surface area contributed by atoms with Gasteiger partial charge in [-0.3, -0.25) is 0 Å². The van der Waals surface area contributed by atoms with E-state index in [0.29, 0.717) is 23.6 Å². The fourth-order valence-electron chi connectivity index (χ4n) is 0.855. The lowest BCUT2D eigenvalue weighted by Gasteiger charge is -1.95. The summed E-state index contributed by atoms with van der Waals surface area (Å²) in [7, 11) is -4.28. The van der Waals surface area contributed by atoms with Gasteiger partial charge in [-0.05, 0) is 30.9 Å². The first-order valence-corrected chi connectivity index (χ1v) is 7.29. The van der Waals surface area contributed by atoms with E-state index in [2.05, 4.69) is 8.80 Å². The Labute approximate surface area is 119 Å². The van der Waals surface area contributed by atoms with Crippen molar-refractivity contribution < 1.29 is 27.5 Å². The Kier molecular flexibility index (Phi) is 7.95. The molecule has 1 heterocycles. The number of isocyanates is 2. The first kappa shape index (κ1) is 17.9. The Hall–Kier alpha value is -2.12. The molecule has 108 valence electrons. The molecule has 1 aromatic heterocycles. The summed E-state index contributed by atoms with van der Waals surface area (Å²) in [6, 6.07) is 1.84. The lowest BCUT2D eigenvalue weighted by molar-refractivity contribution is 0.0532. The SMILES string of the molecule is CCOC(=O)c1cc(C)cs1.O=C=NS(=O)(=O)N=C=O. The number of thiophene rings is 1. The number of ether oxygens (including phenoxy) is 1. The zero-order valence-corrected chi connectivity index (χ0v) is 12.2. The molecule has 0 aliphatic carbocycles. The molecule has 8 nitrogen and oxygen atoms in total. The van der Waals surface area contributed by atoms with Crippen molar-refractivity contribution in [2.45, 2.75) is 13.8 Å². The molecule has 0 radical (unpaired) electrons. The van der Waals surface area contributed by atoms with Gasteiger partial charge in [0.15, 0.2) is 0 Å². The highest BCUT2D eigenvalue weighted by atomic mass is 32.2. The molecule has 20 heavy (non-hydrogen) atoms. The van der Waals surface area contributed by atoms with Gasteiger partial charge >= 0.3 is 16.2 Å². The van der Waals surface area contributed by atoms with Crippen LogP contribution in [0, 0.1) is 6.92 Å². The van der Waals surface area contributed by atoms with Gasteiger partial charge in [0, 0.05) is 0 Å². The molecule has 0 atom stereocenters. The van der Waals surface area contributed by atoms with Gasteiger partial charge in [-0.15, -0.1) is 11.3 Å². The topological polar surface area (TPSA) is 119 Å². The van der Waals surface area contributed by atoms with E-state index in [9.17, 15) is 22.8 Å². The maximum absolute atomic E-state index is 11.0. The summed E-state index contributed by atoms with van der Waals surface area (Å²) < 4.78 is 29.1. The van der Waals surface area contributed by atoms with Crippen LogP contribution in [-0.4, -0.2) is 33.2 Å². The summed E-state index contributed by atoms with van der Waals surface area (Å²) in [6.07, 6.45) is 1.41. The van der Waals surface area contributed by atoms with Crippen LogP contribution in [-0.2, 0) is 24.5 Å². The van der Waals surface area contributed by atoms with Gasteiger partial charge in [-0.1, -0.05) is 8.80 Å². The lowest BCUT2D eigenvalue weighted by atomic mass is 10.3. The Morgan fingerprint density at radius 3 is 2.25 bits per heavy atom. The van der Waals surface area contributed by atoms with Crippen LogP contribution >= 0.6 is 11.3 Å². The highest BCUT2D eigenvalue weighted by Gasteiger charge is 2.07. The third-order valence-corrected chi connectivity index (χ3v) is 3.15. The molecule has 0 saturated carbocycles. The van der Waals surface area contributed by atoms with E-state index in [-0.39, 0.29) is 5.97 Å². The van der Waals surface area contributed by atoms with Crippen LogP contribution in [0.1, 0.15) is 22.2 Å². The van der Waals surface area contributed by atoms with E-state index in [4.69, 9.17) is 4.74 Å². The van der Waals surface area contributed by atoms with Crippen LogP contribution in [0.3, 0.4) is 0 Å². The van der Waals surface area contributed by atoms with E-state index in [1.165, 1.54) is 11.3 Å². The fourth-order valence-corrected chi connectivity index (χ4v) is 1.87. The Morgan fingerprint density at radius 1 is 1.35 bits per heavy atom. The second kappa shape index (κ2) is 8.89. The van der Waals surface area contributed by atoms with Crippen LogP contribution in [0.25, 0.3) is 0 Å². The molecule has 0 fully saturated rings. The van der Waals surface area contributed by atoms with E-state index in [1.807, 2.05) is 18.4 Å². The van der Waals surface area contributed by atoms with Crippen molar-refractivity contribution in [1.29, 1.82) is 0 Å². The van der Waals surface area contributed by atoms with E-state index in [1.54, 1.807) is 6.92 Å². The molecule has 0 unspecified atom stereocenters. The standard InChI is InChI=1S/C8H10O2S.C2N2O4S/c1-3-10-8(9)7-4-6(2)5-11-7;5-1-3-9(7,8)4-2-6/h4-5H,3H2,1-2H3;. The summed E-state index contributed by atoms with van der Waals surface area (Å²) in [5.41, 5.74) is 1.11. The molecule has 0 aromatic carbocycles. The lowest BCUT2D eigenvalue weighted by Crippen LogP contribution is -2.01. The molecule has 1 rings (SSSR count). The van der Waals surface area contributed by atoms with Crippen molar-refractivity contribution in [3.8, 4) is 0 Å². The van der Waals surface area contributed by atoms with Gasteiger partial charge in [-0.25, -0.2) is 14.4 Å². The molecule has 0 saturated heterocycles. The zero-order chi connectivity index (χ0) is 15.6. The minimum Gasteiger partial charge on any atom is -0.462 e. The van der Waals surface area contributed by atoms with Crippen molar-refractivity contribution >= 4 is 39.7 Å². The minimum atomic E-state index is -4.28. The van der Waals surface area contributed by atoms with Crippen molar-refractivity contribution in [2.75, 3.05) is 6.61 Å². The maximum atomic E-state index is 11.0. The first-order chi connectivity index (χ1) is 9.36. The summed E-state index contributed by atoms with van der Waals surface area (Å²) in [5.74, 6) is -0.217. The quantitative estimate of drug-likeness (QED) is 0.466. The predicted octanol–water partition coefficient (Wildman–Crippen LogP) is 1.14. The molecule has 0 aliphatic rings. The summed E-state index contributed by atoms with van der Waals surface area (Å²) in [4.78, 5) is 30.2. The van der Waals surface area contributed by atoms with Gasteiger partial charge < -0.3 is 4.74 Å². The normalized spacial score (nSPS) is 9.30. The highest BCUT2D eigenvalue weighted by molar-refractivity contribution is 7.89. The van der Waals surface area contributed by atoms with Crippen LogP contribution in [0.4, 0.5) is 0 Å².